The van der Waals surface area contributed by atoms with Gasteiger partial charge in [-0.3, -0.25) is 0 Å². The minimum absolute atomic E-state index is 0.170. The fourth-order valence-corrected chi connectivity index (χ4v) is 2.50. The van der Waals surface area contributed by atoms with E-state index >= 15 is 0 Å². The van der Waals surface area contributed by atoms with Crippen LogP contribution >= 0.6 is 11.6 Å². The second-order valence-corrected chi connectivity index (χ2v) is 5.30. The Morgan fingerprint density at radius 1 is 1.21 bits per heavy atom. The minimum atomic E-state index is -0.170. The van der Waals surface area contributed by atoms with Gasteiger partial charge in [-0.05, 0) is 24.1 Å². The first kappa shape index (κ1) is 12.5. The smallest absolute Gasteiger partial charge is 0.148 e. The minimum Gasteiger partial charge on any atom is -0.388 e. The molecule has 98 valence electrons. The van der Waals surface area contributed by atoms with Crippen molar-refractivity contribution in [2.75, 3.05) is 13.2 Å². The quantitative estimate of drug-likeness (QED) is 0.682. The van der Waals surface area contributed by atoms with Gasteiger partial charge in [0, 0.05) is 29.8 Å². The largest absolute Gasteiger partial charge is 0.388 e. The van der Waals surface area contributed by atoms with Gasteiger partial charge in [0.2, 0.25) is 0 Å². The van der Waals surface area contributed by atoms with E-state index < -0.39 is 0 Å². The summed E-state index contributed by atoms with van der Waals surface area (Å²) in [5.41, 5.74) is 1.53. The van der Waals surface area contributed by atoms with Crippen molar-refractivity contribution in [3.8, 4) is 11.8 Å². The van der Waals surface area contributed by atoms with Crippen molar-refractivity contribution >= 4 is 17.3 Å². The lowest BCUT2D eigenvalue weighted by Gasteiger charge is -2.30. The molecular weight excluding hydrogens is 262 g/mol. The number of oxime groups is 1. The summed E-state index contributed by atoms with van der Waals surface area (Å²) in [6.45, 7) is 1.48. The maximum absolute atomic E-state index is 5.92. The fraction of sp³-hybridized carbons (Fsp3) is 0.400. The van der Waals surface area contributed by atoms with Crippen LogP contribution in [0.3, 0.4) is 0 Å². The molecule has 0 aromatic heterocycles. The van der Waals surface area contributed by atoms with Gasteiger partial charge in [-0.2, -0.15) is 0 Å². The normalized spacial score (nSPS) is 20.4. The Hall–Kier alpha value is -1.50. The van der Waals surface area contributed by atoms with Gasteiger partial charge >= 0.3 is 0 Å². The molecule has 4 heteroatoms. The van der Waals surface area contributed by atoms with Crippen LogP contribution in [0.4, 0.5) is 0 Å². The summed E-state index contributed by atoms with van der Waals surface area (Å²) in [5.74, 6) is 6.15. The molecule has 3 rings (SSSR count). The van der Waals surface area contributed by atoms with Crippen LogP contribution in [0.2, 0.25) is 5.02 Å². The van der Waals surface area contributed by atoms with E-state index in [1.165, 1.54) is 0 Å². The molecule has 0 saturated carbocycles. The summed E-state index contributed by atoms with van der Waals surface area (Å²) in [4.78, 5) is 5.59. The SMILES string of the molecule is Clc1cccc(C#CC2=NOC3(CCOCC3)C2)c1. The average Bonchev–Trinajstić information content (AvgIpc) is 2.80. The molecular formula is C15H14ClNO2. The molecule has 1 spiro atoms. The monoisotopic (exact) mass is 275 g/mol. The molecule has 1 aromatic carbocycles. The molecule has 0 aliphatic carbocycles. The summed E-state index contributed by atoms with van der Waals surface area (Å²) >= 11 is 5.92. The third-order valence-corrected chi connectivity index (χ3v) is 3.65. The van der Waals surface area contributed by atoms with Crippen LogP contribution < -0.4 is 0 Å². The summed E-state index contributed by atoms with van der Waals surface area (Å²) in [6.07, 6.45) is 2.56. The molecule has 2 aliphatic rings. The summed E-state index contributed by atoms with van der Waals surface area (Å²) in [6, 6.07) is 7.49. The van der Waals surface area contributed by atoms with Crippen LogP contribution in [0.5, 0.6) is 0 Å². The Bertz CT molecular complexity index is 565. The van der Waals surface area contributed by atoms with Crippen LogP contribution in [0, 0.1) is 11.8 Å². The van der Waals surface area contributed by atoms with Gasteiger partial charge in [0.25, 0.3) is 0 Å². The van der Waals surface area contributed by atoms with Gasteiger partial charge in [-0.15, -0.1) is 0 Å². The maximum atomic E-state index is 5.92. The number of rotatable bonds is 0. The van der Waals surface area contributed by atoms with Crippen molar-refractivity contribution in [2.45, 2.75) is 24.9 Å². The Morgan fingerprint density at radius 2 is 2.05 bits per heavy atom. The molecule has 2 heterocycles. The highest BCUT2D eigenvalue weighted by Crippen LogP contribution is 2.33. The zero-order valence-corrected chi connectivity index (χ0v) is 11.2. The first-order valence-corrected chi connectivity index (χ1v) is 6.74. The maximum Gasteiger partial charge on any atom is 0.148 e. The van der Waals surface area contributed by atoms with Gasteiger partial charge in [-0.25, -0.2) is 0 Å². The molecule has 0 bridgehead atoms. The summed E-state index contributed by atoms with van der Waals surface area (Å²) in [5, 5.41) is 4.80. The van der Waals surface area contributed by atoms with Gasteiger partial charge < -0.3 is 9.57 Å². The zero-order valence-electron chi connectivity index (χ0n) is 10.5. The average molecular weight is 276 g/mol. The number of nitrogens with zero attached hydrogens (tertiary/aromatic N) is 1. The molecule has 1 fully saturated rings. The third kappa shape index (κ3) is 2.91. The van der Waals surface area contributed by atoms with E-state index in [2.05, 4.69) is 17.0 Å². The van der Waals surface area contributed by atoms with Gasteiger partial charge in [0.15, 0.2) is 0 Å². The van der Waals surface area contributed by atoms with E-state index in [0.29, 0.717) is 5.02 Å². The van der Waals surface area contributed by atoms with Crippen molar-refractivity contribution in [1.82, 2.24) is 0 Å². The van der Waals surface area contributed by atoms with Crippen LogP contribution in [-0.4, -0.2) is 24.5 Å². The first-order valence-electron chi connectivity index (χ1n) is 6.36. The molecule has 0 radical (unpaired) electrons. The predicted molar refractivity (Wildman–Crippen MR) is 74.3 cm³/mol. The Morgan fingerprint density at radius 3 is 2.84 bits per heavy atom. The van der Waals surface area contributed by atoms with E-state index in [1.807, 2.05) is 24.3 Å². The lowest BCUT2D eigenvalue weighted by Crippen LogP contribution is -2.36. The molecule has 3 nitrogen and oxygen atoms in total. The molecule has 0 amide bonds. The number of hydrogen-bond donors (Lipinski definition) is 0. The second kappa shape index (κ2) is 5.24. The highest BCUT2D eigenvalue weighted by atomic mass is 35.5. The van der Waals surface area contributed by atoms with E-state index in [1.54, 1.807) is 0 Å². The lowest BCUT2D eigenvalue weighted by atomic mass is 9.89. The number of halogens is 1. The molecule has 1 aromatic rings. The van der Waals surface area contributed by atoms with Crippen LogP contribution in [0.25, 0.3) is 0 Å². The molecule has 0 atom stereocenters. The molecule has 0 N–H and O–H groups in total. The van der Waals surface area contributed by atoms with E-state index in [0.717, 1.165) is 43.8 Å². The second-order valence-electron chi connectivity index (χ2n) is 4.86. The van der Waals surface area contributed by atoms with Gasteiger partial charge in [0.05, 0.1) is 13.2 Å². The van der Waals surface area contributed by atoms with Crippen molar-refractivity contribution in [1.29, 1.82) is 0 Å². The van der Waals surface area contributed by atoms with Gasteiger partial charge in [0.1, 0.15) is 11.3 Å². The van der Waals surface area contributed by atoms with E-state index in [4.69, 9.17) is 21.2 Å². The van der Waals surface area contributed by atoms with E-state index in [-0.39, 0.29) is 5.60 Å². The van der Waals surface area contributed by atoms with Crippen molar-refractivity contribution in [3.05, 3.63) is 34.9 Å². The highest BCUT2D eigenvalue weighted by Gasteiger charge is 2.40. The highest BCUT2D eigenvalue weighted by molar-refractivity contribution is 6.30. The van der Waals surface area contributed by atoms with Crippen molar-refractivity contribution in [3.63, 3.8) is 0 Å². The summed E-state index contributed by atoms with van der Waals surface area (Å²) < 4.78 is 5.35. The fourth-order valence-electron chi connectivity index (χ4n) is 2.31. The molecule has 0 unspecified atom stereocenters. The van der Waals surface area contributed by atoms with Crippen molar-refractivity contribution < 1.29 is 9.57 Å². The molecule has 1 saturated heterocycles. The predicted octanol–water partition coefficient (Wildman–Crippen LogP) is 3.02. The first-order chi connectivity index (χ1) is 9.26. The van der Waals surface area contributed by atoms with Gasteiger partial charge in [-0.1, -0.05) is 28.7 Å². The number of benzene rings is 1. The van der Waals surface area contributed by atoms with Crippen LogP contribution in [-0.2, 0) is 9.57 Å². The topological polar surface area (TPSA) is 30.8 Å². The number of ether oxygens (including phenoxy) is 1. The zero-order chi connectivity index (χ0) is 13.1. The Labute approximate surface area is 117 Å². The Kier molecular flexibility index (Phi) is 3.46. The van der Waals surface area contributed by atoms with Crippen LogP contribution in [0.15, 0.2) is 29.4 Å². The summed E-state index contributed by atoms with van der Waals surface area (Å²) in [7, 11) is 0. The van der Waals surface area contributed by atoms with Crippen LogP contribution in [0.1, 0.15) is 24.8 Å². The van der Waals surface area contributed by atoms with E-state index in [9.17, 15) is 0 Å². The van der Waals surface area contributed by atoms with Crippen molar-refractivity contribution in [2.24, 2.45) is 5.16 Å². The molecule has 19 heavy (non-hydrogen) atoms. The number of hydrogen-bond acceptors (Lipinski definition) is 3. The lowest BCUT2D eigenvalue weighted by molar-refractivity contribution is -0.0919. The standard InChI is InChI=1S/C15H14ClNO2/c16-13-3-1-2-12(10-13)4-5-14-11-15(19-17-14)6-8-18-9-7-15/h1-3,10H,6-9,11H2. The molecule has 2 aliphatic heterocycles. The third-order valence-electron chi connectivity index (χ3n) is 3.42. The Balaban J connectivity index is 1.69.